The number of hydrogen-bond donors (Lipinski definition) is 2. The van der Waals surface area contributed by atoms with Gasteiger partial charge in [-0.2, -0.15) is 0 Å². The Morgan fingerprint density at radius 3 is 2.90 bits per heavy atom. The van der Waals surface area contributed by atoms with Gasteiger partial charge in [-0.15, -0.1) is 0 Å². The summed E-state index contributed by atoms with van der Waals surface area (Å²) in [5.41, 5.74) is 1.20. The molecule has 2 N–H and O–H groups in total. The Morgan fingerprint density at radius 2 is 2.25 bits per heavy atom. The van der Waals surface area contributed by atoms with Crippen molar-refractivity contribution in [3.8, 4) is 0 Å². The second-order valence-corrected chi connectivity index (χ2v) is 5.65. The Bertz CT molecular complexity index is 469. The molecule has 1 aliphatic carbocycles. The first-order valence-corrected chi connectivity index (χ1v) is 7.44. The Balaban J connectivity index is 1.64. The maximum Gasteiger partial charge on any atom is 0.242 e. The number of anilines is 1. The molecule has 1 aliphatic heterocycles. The lowest BCUT2D eigenvalue weighted by Gasteiger charge is -2.24. The van der Waals surface area contributed by atoms with Gasteiger partial charge in [-0.05, 0) is 37.3 Å². The Labute approximate surface area is 119 Å². The summed E-state index contributed by atoms with van der Waals surface area (Å²) in [6.45, 7) is 1.79. The van der Waals surface area contributed by atoms with Crippen molar-refractivity contribution in [1.29, 1.82) is 0 Å². The summed E-state index contributed by atoms with van der Waals surface area (Å²) in [4.78, 5) is 18.5. The van der Waals surface area contributed by atoms with Crippen LogP contribution in [0.1, 0.15) is 31.2 Å². The summed E-state index contributed by atoms with van der Waals surface area (Å²) in [6, 6.07) is 4.79. The Morgan fingerprint density at radius 1 is 1.40 bits per heavy atom. The van der Waals surface area contributed by atoms with E-state index in [1.807, 2.05) is 12.3 Å². The fraction of sp³-hybridized carbons (Fsp3) is 0.600. The molecule has 0 radical (unpaired) electrons. The highest BCUT2D eigenvalue weighted by Gasteiger charge is 2.30. The number of likely N-dealkylation sites (N-methyl/N-ethyl adjacent to an activating group) is 1. The van der Waals surface area contributed by atoms with Gasteiger partial charge in [-0.3, -0.25) is 4.79 Å². The van der Waals surface area contributed by atoms with Gasteiger partial charge in [0.25, 0.3) is 0 Å². The molecule has 108 valence electrons. The molecule has 1 saturated carbocycles. The molecule has 3 rings (SSSR count). The summed E-state index contributed by atoms with van der Waals surface area (Å²) < 4.78 is 0. The second-order valence-electron chi connectivity index (χ2n) is 5.65. The van der Waals surface area contributed by atoms with E-state index in [1.165, 1.54) is 18.4 Å². The van der Waals surface area contributed by atoms with Crippen molar-refractivity contribution in [2.45, 2.75) is 44.3 Å². The Hall–Kier alpha value is -1.62. The minimum Gasteiger partial charge on any atom is -0.357 e. The van der Waals surface area contributed by atoms with Crippen molar-refractivity contribution >= 4 is 11.7 Å². The molecule has 2 fully saturated rings. The molecule has 1 saturated heterocycles. The van der Waals surface area contributed by atoms with Crippen LogP contribution >= 0.6 is 0 Å². The quantitative estimate of drug-likeness (QED) is 0.842. The van der Waals surface area contributed by atoms with Crippen molar-refractivity contribution in [2.24, 2.45) is 0 Å². The van der Waals surface area contributed by atoms with Crippen LogP contribution < -0.4 is 15.5 Å². The van der Waals surface area contributed by atoms with E-state index in [0.29, 0.717) is 6.04 Å². The molecule has 1 unspecified atom stereocenters. The third kappa shape index (κ3) is 2.93. The number of carbonyl (C=O) groups is 1. The van der Waals surface area contributed by atoms with Crippen molar-refractivity contribution in [3.05, 3.63) is 23.9 Å². The lowest BCUT2D eigenvalue weighted by atomic mass is 10.2. The van der Waals surface area contributed by atoms with Crippen LogP contribution in [0.5, 0.6) is 0 Å². The van der Waals surface area contributed by atoms with Gasteiger partial charge in [-0.1, -0.05) is 6.07 Å². The van der Waals surface area contributed by atoms with Gasteiger partial charge < -0.3 is 15.5 Å². The van der Waals surface area contributed by atoms with Gasteiger partial charge in [0.2, 0.25) is 5.91 Å². The van der Waals surface area contributed by atoms with E-state index in [2.05, 4.69) is 26.6 Å². The number of hydrogen-bond acceptors (Lipinski definition) is 4. The van der Waals surface area contributed by atoms with Crippen LogP contribution in [0.25, 0.3) is 0 Å². The number of carbonyl (C=O) groups excluding carboxylic acids is 1. The molecular formula is C15H22N4O. The van der Waals surface area contributed by atoms with E-state index in [4.69, 9.17) is 0 Å². The van der Waals surface area contributed by atoms with Crippen LogP contribution in [0.4, 0.5) is 5.82 Å². The van der Waals surface area contributed by atoms with E-state index in [-0.39, 0.29) is 11.9 Å². The fourth-order valence-electron chi connectivity index (χ4n) is 2.72. The predicted molar refractivity (Wildman–Crippen MR) is 78.5 cm³/mol. The highest BCUT2D eigenvalue weighted by atomic mass is 16.2. The number of nitrogens with one attached hydrogen (secondary N) is 2. The number of amides is 1. The topological polar surface area (TPSA) is 57.3 Å². The zero-order chi connectivity index (χ0) is 13.9. The normalized spacial score (nSPS) is 22.1. The smallest absolute Gasteiger partial charge is 0.242 e. The number of pyridine rings is 1. The molecule has 0 spiro atoms. The maximum absolute atomic E-state index is 11.9. The van der Waals surface area contributed by atoms with Crippen molar-refractivity contribution in [3.63, 3.8) is 0 Å². The molecule has 2 heterocycles. The van der Waals surface area contributed by atoms with Gasteiger partial charge in [0, 0.05) is 32.4 Å². The van der Waals surface area contributed by atoms with Crippen LogP contribution in [0.3, 0.4) is 0 Å². The predicted octanol–water partition coefficient (Wildman–Crippen LogP) is 1.05. The van der Waals surface area contributed by atoms with Crippen molar-refractivity contribution in [1.82, 2.24) is 15.6 Å². The monoisotopic (exact) mass is 274 g/mol. The molecule has 1 aromatic heterocycles. The van der Waals surface area contributed by atoms with E-state index >= 15 is 0 Å². The summed E-state index contributed by atoms with van der Waals surface area (Å²) in [7, 11) is 1.69. The highest BCUT2D eigenvalue weighted by molar-refractivity contribution is 5.85. The van der Waals surface area contributed by atoms with Gasteiger partial charge in [-0.25, -0.2) is 4.98 Å². The molecule has 1 aromatic rings. The van der Waals surface area contributed by atoms with Crippen LogP contribution in [0.2, 0.25) is 0 Å². The molecule has 5 heteroatoms. The fourth-order valence-corrected chi connectivity index (χ4v) is 2.72. The third-order valence-corrected chi connectivity index (χ3v) is 4.08. The molecule has 2 aliphatic rings. The minimum atomic E-state index is -0.0667. The zero-order valence-electron chi connectivity index (χ0n) is 11.9. The maximum atomic E-state index is 11.9. The summed E-state index contributed by atoms with van der Waals surface area (Å²) in [5, 5.41) is 6.22. The third-order valence-electron chi connectivity index (χ3n) is 4.08. The molecule has 0 aromatic carbocycles. The van der Waals surface area contributed by atoms with Gasteiger partial charge in [0.15, 0.2) is 0 Å². The van der Waals surface area contributed by atoms with Crippen molar-refractivity contribution < 1.29 is 4.79 Å². The van der Waals surface area contributed by atoms with Crippen LogP contribution in [-0.4, -0.2) is 36.6 Å². The average molecular weight is 274 g/mol. The van der Waals surface area contributed by atoms with E-state index in [1.54, 1.807) is 7.05 Å². The van der Waals surface area contributed by atoms with Crippen LogP contribution in [0.15, 0.2) is 18.3 Å². The van der Waals surface area contributed by atoms with E-state index < -0.39 is 0 Å². The standard InChI is InChI=1S/C15H22N4O/c1-16-15(20)13-3-2-8-19(13)14-7-4-11(10-18-14)9-17-12-5-6-12/h4,7,10,12-13,17H,2-3,5-6,8-9H2,1H3,(H,16,20). The minimum absolute atomic E-state index is 0.0667. The lowest BCUT2D eigenvalue weighted by Crippen LogP contribution is -2.42. The summed E-state index contributed by atoms with van der Waals surface area (Å²) >= 11 is 0. The van der Waals surface area contributed by atoms with E-state index in [0.717, 1.165) is 31.7 Å². The molecule has 1 atom stereocenters. The SMILES string of the molecule is CNC(=O)C1CCCN1c1ccc(CNC2CC2)cn1. The second kappa shape index (κ2) is 5.79. The molecule has 5 nitrogen and oxygen atoms in total. The lowest BCUT2D eigenvalue weighted by molar-refractivity contribution is -0.121. The van der Waals surface area contributed by atoms with Crippen LogP contribution in [-0.2, 0) is 11.3 Å². The molecule has 20 heavy (non-hydrogen) atoms. The first-order valence-electron chi connectivity index (χ1n) is 7.44. The largest absolute Gasteiger partial charge is 0.357 e. The average Bonchev–Trinajstić information content (AvgIpc) is 3.19. The molecule has 0 bridgehead atoms. The first-order chi connectivity index (χ1) is 9.78. The molecular weight excluding hydrogens is 252 g/mol. The molecule has 1 amide bonds. The van der Waals surface area contributed by atoms with Gasteiger partial charge in [0.1, 0.15) is 11.9 Å². The zero-order valence-corrected chi connectivity index (χ0v) is 11.9. The number of rotatable bonds is 5. The van der Waals surface area contributed by atoms with Gasteiger partial charge >= 0.3 is 0 Å². The highest BCUT2D eigenvalue weighted by Crippen LogP contribution is 2.24. The van der Waals surface area contributed by atoms with Crippen molar-refractivity contribution in [2.75, 3.05) is 18.5 Å². The summed E-state index contributed by atoms with van der Waals surface area (Å²) in [6.07, 6.45) is 6.47. The Kier molecular flexibility index (Phi) is 3.87. The van der Waals surface area contributed by atoms with E-state index in [9.17, 15) is 4.79 Å². The first kappa shape index (κ1) is 13.4. The number of aromatic nitrogens is 1. The summed E-state index contributed by atoms with van der Waals surface area (Å²) in [5.74, 6) is 0.995. The van der Waals surface area contributed by atoms with Crippen LogP contribution in [0, 0.1) is 0 Å². The van der Waals surface area contributed by atoms with Gasteiger partial charge in [0.05, 0.1) is 0 Å². The number of nitrogens with zero attached hydrogens (tertiary/aromatic N) is 2.